The molecule has 1 aromatic heterocycles. The predicted molar refractivity (Wildman–Crippen MR) is 115 cm³/mol. The number of hydrogen-bond acceptors (Lipinski definition) is 8. The Hall–Kier alpha value is -2.84. The van der Waals surface area contributed by atoms with Gasteiger partial charge in [-0.15, -0.1) is 5.10 Å². The normalized spacial score (nSPS) is 14.5. The lowest BCUT2D eigenvalue weighted by Gasteiger charge is -2.33. The maximum atomic E-state index is 12.0. The molecule has 30 heavy (non-hydrogen) atoms. The van der Waals surface area contributed by atoms with Crippen LogP contribution < -0.4 is 10.2 Å². The van der Waals surface area contributed by atoms with Gasteiger partial charge in [0.1, 0.15) is 10.2 Å². The number of aromatic nitrogens is 3. The zero-order valence-electron chi connectivity index (χ0n) is 15.9. The molecule has 1 saturated heterocycles. The molecule has 2 heterocycles. The third kappa shape index (κ3) is 5.84. The van der Waals surface area contributed by atoms with Crippen LogP contribution in [-0.2, 0) is 11.3 Å². The number of benzene rings is 1. The SMILES string of the molecule is O=C(Cn1cc(I)nn1)NCCC1CCN(c2cc([N+](=O)[O-])cc([N+](=O)[O-])c2)CC1. The van der Waals surface area contributed by atoms with Gasteiger partial charge < -0.3 is 10.2 Å². The Labute approximate surface area is 185 Å². The molecule has 0 saturated carbocycles. The second-order valence-corrected chi connectivity index (χ2v) is 8.13. The molecule has 2 aromatic rings. The van der Waals surface area contributed by atoms with Crippen molar-refractivity contribution in [2.45, 2.75) is 25.8 Å². The Morgan fingerprint density at radius 3 is 2.33 bits per heavy atom. The average Bonchev–Trinajstić information content (AvgIpc) is 3.12. The second-order valence-electron chi connectivity index (χ2n) is 7.03. The first kappa shape index (κ1) is 21.9. The molecule has 1 aliphatic heterocycles. The van der Waals surface area contributed by atoms with Crippen LogP contribution in [0.3, 0.4) is 0 Å². The molecule has 160 valence electrons. The number of halogens is 1. The highest BCUT2D eigenvalue weighted by Crippen LogP contribution is 2.31. The summed E-state index contributed by atoms with van der Waals surface area (Å²) >= 11 is 2.02. The minimum atomic E-state index is -0.619. The minimum Gasteiger partial charge on any atom is -0.371 e. The summed E-state index contributed by atoms with van der Waals surface area (Å²) in [6.07, 6.45) is 4.19. The number of rotatable bonds is 8. The fourth-order valence-electron chi connectivity index (χ4n) is 3.42. The number of anilines is 1. The number of carbonyl (C=O) groups is 1. The van der Waals surface area contributed by atoms with Gasteiger partial charge in [0.25, 0.3) is 11.4 Å². The third-order valence-electron chi connectivity index (χ3n) is 4.98. The Balaban J connectivity index is 1.47. The van der Waals surface area contributed by atoms with Crippen LogP contribution in [0.1, 0.15) is 19.3 Å². The first-order chi connectivity index (χ1) is 14.3. The van der Waals surface area contributed by atoms with E-state index < -0.39 is 9.85 Å². The van der Waals surface area contributed by atoms with Gasteiger partial charge in [-0.3, -0.25) is 25.0 Å². The summed E-state index contributed by atoms with van der Waals surface area (Å²) < 4.78 is 2.20. The molecule has 13 heteroatoms. The lowest BCUT2D eigenvalue weighted by Crippen LogP contribution is -2.35. The van der Waals surface area contributed by atoms with Gasteiger partial charge in [-0.1, -0.05) is 5.21 Å². The van der Waals surface area contributed by atoms with Crippen molar-refractivity contribution in [3.05, 3.63) is 48.3 Å². The van der Waals surface area contributed by atoms with E-state index in [1.54, 1.807) is 6.20 Å². The molecule has 0 bridgehead atoms. The van der Waals surface area contributed by atoms with Gasteiger partial charge in [-0.25, -0.2) is 4.68 Å². The van der Waals surface area contributed by atoms with E-state index in [2.05, 4.69) is 15.6 Å². The van der Waals surface area contributed by atoms with Crippen LogP contribution in [0.5, 0.6) is 0 Å². The number of hydrogen-bond donors (Lipinski definition) is 1. The second kappa shape index (κ2) is 9.77. The number of piperidine rings is 1. The zero-order valence-corrected chi connectivity index (χ0v) is 18.1. The van der Waals surface area contributed by atoms with Gasteiger partial charge in [0.15, 0.2) is 0 Å². The van der Waals surface area contributed by atoms with Gasteiger partial charge in [0.05, 0.1) is 27.8 Å². The van der Waals surface area contributed by atoms with Crippen LogP contribution in [0.25, 0.3) is 0 Å². The zero-order chi connectivity index (χ0) is 21.7. The topological polar surface area (TPSA) is 149 Å². The van der Waals surface area contributed by atoms with Crippen LogP contribution in [0.15, 0.2) is 24.4 Å². The molecule has 12 nitrogen and oxygen atoms in total. The van der Waals surface area contributed by atoms with E-state index in [1.165, 1.54) is 16.8 Å². The summed E-state index contributed by atoms with van der Waals surface area (Å²) in [5, 5.41) is 32.7. The quantitative estimate of drug-likeness (QED) is 0.311. The Bertz CT molecular complexity index is 910. The molecule has 3 rings (SSSR count). The Kier molecular flexibility index (Phi) is 7.12. The highest BCUT2D eigenvalue weighted by Gasteiger charge is 2.23. The maximum absolute atomic E-state index is 12.0. The number of carbonyl (C=O) groups excluding carboxylic acids is 1. The van der Waals surface area contributed by atoms with Crippen molar-refractivity contribution in [3.63, 3.8) is 0 Å². The van der Waals surface area contributed by atoms with Gasteiger partial charge in [0, 0.05) is 31.8 Å². The summed E-state index contributed by atoms with van der Waals surface area (Å²) in [6.45, 7) is 1.97. The van der Waals surface area contributed by atoms with E-state index in [4.69, 9.17) is 0 Å². The van der Waals surface area contributed by atoms with Crippen molar-refractivity contribution >= 4 is 45.6 Å². The molecule has 0 spiro atoms. The van der Waals surface area contributed by atoms with Crippen molar-refractivity contribution in [2.24, 2.45) is 5.92 Å². The monoisotopic (exact) mass is 529 g/mol. The van der Waals surface area contributed by atoms with Crippen molar-refractivity contribution in [2.75, 3.05) is 24.5 Å². The molecule has 1 N–H and O–H groups in total. The number of amides is 1. The maximum Gasteiger partial charge on any atom is 0.278 e. The number of nitrogens with one attached hydrogen (secondary N) is 1. The van der Waals surface area contributed by atoms with Gasteiger partial charge in [0.2, 0.25) is 5.91 Å². The number of nitro benzene ring substituents is 2. The van der Waals surface area contributed by atoms with Crippen LogP contribution in [-0.4, -0.2) is 50.4 Å². The summed E-state index contributed by atoms with van der Waals surface area (Å²) in [6, 6.07) is 3.72. The van der Waals surface area contributed by atoms with Crippen LogP contribution in [0.4, 0.5) is 17.1 Å². The first-order valence-electron chi connectivity index (χ1n) is 9.33. The Morgan fingerprint density at radius 1 is 1.17 bits per heavy atom. The van der Waals surface area contributed by atoms with E-state index in [9.17, 15) is 25.0 Å². The highest BCUT2D eigenvalue weighted by atomic mass is 127. The predicted octanol–water partition coefficient (Wildman–Crippen LogP) is 2.12. The molecular formula is C17H20IN7O5. The smallest absolute Gasteiger partial charge is 0.278 e. The number of nitro groups is 2. The van der Waals surface area contributed by atoms with Crippen LogP contribution in [0, 0.1) is 29.8 Å². The molecule has 0 unspecified atom stereocenters. The lowest BCUT2D eigenvalue weighted by molar-refractivity contribution is -0.394. The highest BCUT2D eigenvalue weighted by molar-refractivity contribution is 14.1. The van der Waals surface area contributed by atoms with E-state index >= 15 is 0 Å². The lowest BCUT2D eigenvalue weighted by atomic mass is 9.93. The average molecular weight is 529 g/mol. The molecule has 1 fully saturated rings. The molecule has 1 aliphatic rings. The van der Waals surface area contributed by atoms with Gasteiger partial charge >= 0.3 is 0 Å². The molecule has 1 amide bonds. The van der Waals surface area contributed by atoms with Crippen molar-refractivity contribution in [3.8, 4) is 0 Å². The van der Waals surface area contributed by atoms with Crippen molar-refractivity contribution in [1.29, 1.82) is 0 Å². The van der Waals surface area contributed by atoms with Crippen molar-refractivity contribution < 1.29 is 14.6 Å². The molecule has 0 radical (unpaired) electrons. The molecule has 1 aromatic carbocycles. The van der Waals surface area contributed by atoms with Gasteiger partial charge in [-0.05, 0) is 47.8 Å². The van der Waals surface area contributed by atoms with Crippen LogP contribution >= 0.6 is 22.6 Å². The van der Waals surface area contributed by atoms with E-state index in [-0.39, 0.29) is 23.8 Å². The summed E-state index contributed by atoms with van der Waals surface area (Å²) in [5.41, 5.74) is -0.0812. The Morgan fingerprint density at radius 2 is 1.80 bits per heavy atom. The fourth-order valence-corrected chi connectivity index (χ4v) is 3.84. The summed E-state index contributed by atoms with van der Waals surface area (Å²) in [7, 11) is 0. The number of nitrogens with zero attached hydrogens (tertiary/aromatic N) is 6. The first-order valence-corrected chi connectivity index (χ1v) is 10.4. The summed E-state index contributed by atoms with van der Waals surface area (Å²) in [4.78, 5) is 34.8. The fraction of sp³-hybridized carbons (Fsp3) is 0.471. The molecular weight excluding hydrogens is 509 g/mol. The van der Waals surface area contributed by atoms with Crippen LogP contribution in [0.2, 0.25) is 0 Å². The minimum absolute atomic E-state index is 0.125. The third-order valence-corrected chi connectivity index (χ3v) is 5.47. The molecule has 0 aliphatic carbocycles. The van der Waals surface area contributed by atoms with E-state index in [0.29, 0.717) is 31.2 Å². The van der Waals surface area contributed by atoms with E-state index in [1.807, 2.05) is 27.5 Å². The standard InChI is InChI=1S/C17H20IN7O5/c18-16-10-23(21-20-16)11-17(26)19-4-1-12-2-5-22(6-3-12)13-7-14(24(27)28)9-15(8-13)25(29)30/h7-10,12H,1-6,11H2,(H,19,26). The van der Waals surface area contributed by atoms with Crippen molar-refractivity contribution in [1.82, 2.24) is 20.3 Å². The van der Waals surface area contributed by atoms with Gasteiger partial charge in [-0.2, -0.15) is 0 Å². The largest absolute Gasteiger partial charge is 0.371 e. The van der Waals surface area contributed by atoms with E-state index in [0.717, 1.165) is 29.0 Å². The number of non-ortho nitro benzene ring substituents is 2. The summed E-state index contributed by atoms with van der Waals surface area (Å²) in [5.74, 6) is 0.278. The molecule has 0 atom stereocenters.